The van der Waals surface area contributed by atoms with Crippen molar-refractivity contribution in [2.24, 2.45) is 0 Å². The van der Waals surface area contributed by atoms with Crippen molar-refractivity contribution in [3.63, 3.8) is 0 Å². The number of nitrogens with zero attached hydrogens (tertiary/aromatic N) is 2. The standard InChI is InChI=1S/C16H21N3O/c1-16(2,3)13-7-5-6-8-14(13)20-15-18-10-12(9-17-4)11-19-15/h5-8,10-11,17H,9H2,1-4H3. The van der Waals surface area contributed by atoms with E-state index in [0.29, 0.717) is 6.01 Å². The lowest BCUT2D eigenvalue weighted by Gasteiger charge is -2.21. The third-order valence-corrected chi connectivity index (χ3v) is 2.96. The van der Waals surface area contributed by atoms with Gasteiger partial charge >= 0.3 is 6.01 Å². The second kappa shape index (κ2) is 6.01. The summed E-state index contributed by atoms with van der Waals surface area (Å²) in [6, 6.07) is 8.38. The van der Waals surface area contributed by atoms with Crippen LogP contribution < -0.4 is 10.1 Å². The van der Waals surface area contributed by atoms with E-state index in [1.165, 1.54) is 0 Å². The van der Waals surface area contributed by atoms with E-state index in [1.54, 1.807) is 12.4 Å². The van der Waals surface area contributed by atoms with Crippen molar-refractivity contribution in [2.75, 3.05) is 7.05 Å². The van der Waals surface area contributed by atoms with E-state index in [2.05, 4.69) is 42.1 Å². The average molecular weight is 271 g/mol. The van der Waals surface area contributed by atoms with Crippen LogP contribution in [0.4, 0.5) is 0 Å². The van der Waals surface area contributed by atoms with Gasteiger partial charge in [-0.05, 0) is 18.5 Å². The first-order chi connectivity index (χ1) is 9.50. The Hall–Kier alpha value is -1.94. The van der Waals surface area contributed by atoms with Gasteiger partial charge in [0.25, 0.3) is 0 Å². The van der Waals surface area contributed by atoms with Gasteiger partial charge in [-0.3, -0.25) is 0 Å². The van der Waals surface area contributed by atoms with Crippen LogP contribution in [0.15, 0.2) is 36.7 Å². The van der Waals surface area contributed by atoms with Crippen LogP contribution >= 0.6 is 0 Å². The van der Waals surface area contributed by atoms with Gasteiger partial charge in [0.05, 0.1) is 0 Å². The number of benzene rings is 1. The first-order valence-electron chi connectivity index (χ1n) is 6.73. The van der Waals surface area contributed by atoms with Crippen LogP contribution in [0.2, 0.25) is 0 Å². The molecule has 1 aromatic carbocycles. The normalized spacial score (nSPS) is 11.4. The zero-order chi connectivity index (χ0) is 14.6. The summed E-state index contributed by atoms with van der Waals surface area (Å²) in [5.74, 6) is 0.807. The monoisotopic (exact) mass is 271 g/mol. The highest BCUT2D eigenvalue weighted by atomic mass is 16.5. The lowest BCUT2D eigenvalue weighted by Crippen LogP contribution is -2.12. The van der Waals surface area contributed by atoms with Crippen molar-refractivity contribution in [1.82, 2.24) is 15.3 Å². The van der Waals surface area contributed by atoms with E-state index in [1.807, 2.05) is 25.2 Å². The Bertz CT molecular complexity index is 559. The molecule has 4 nitrogen and oxygen atoms in total. The maximum Gasteiger partial charge on any atom is 0.321 e. The van der Waals surface area contributed by atoms with Gasteiger partial charge in [0.2, 0.25) is 0 Å². The zero-order valence-corrected chi connectivity index (χ0v) is 12.5. The fraction of sp³-hybridized carbons (Fsp3) is 0.375. The number of aromatic nitrogens is 2. The molecule has 0 saturated carbocycles. The molecule has 2 aromatic rings. The molecular weight excluding hydrogens is 250 g/mol. The number of hydrogen-bond donors (Lipinski definition) is 1. The summed E-state index contributed by atoms with van der Waals surface area (Å²) in [5.41, 5.74) is 2.19. The molecule has 1 N–H and O–H groups in total. The predicted molar refractivity (Wildman–Crippen MR) is 80.0 cm³/mol. The van der Waals surface area contributed by atoms with Crippen molar-refractivity contribution in [1.29, 1.82) is 0 Å². The summed E-state index contributed by atoms with van der Waals surface area (Å²) in [5, 5.41) is 3.06. The maximum atomic E-state index is 5.83. The first kappa shape index (κ1) is 14.5. The largest absolute Gasteiger partial charge is 0.424 e. The van der Waals surface area contributed by atoms with Gasteiger partial charge in [-0.2, -0.15) is 0 Å². The fourth-order valence-electron chi connectivity index (χ4n) is 1.96. The number of hydrogen-bond acceptors (Lipinski definition) is 4. The van der Waals surface area contributed by atoms with Gasteiger partial charge in [0.1, 0.15) is 5.75 Å². The van der Waals surface area contributed by atoms with Gasteiger partial charge < -0.3 is 10.1 Å². The minimum absolute atomic E-state index is 0.0165. The van der Waals surface area contributed by atoms with Gasteiger partial charge in [-0.25, -0.2) is 9.97 Å². The molecule has 0 aliphatic carbocycles. The van der Waals surface area contributed by atoms with Crippen LogP contribution in [0.1, 0.15) is 31.9 Å². The highest BCUT2D eigenvalue weighted by Gasteiger charge is 2.19. The Labute approximate surface area is 120 Å². The molecule has 1 heterocycles. The van der Waals surface area contributed by atoms with Crippen LogP contribution in [0, 0.1) is 0 Å². The molecule has 20 heavy (non-hydrogen) atoms. The molecule has 0 aliphatic heterocycles. The van der Waals surface area contributed by atoms with Crippen molar-refractivity contribution in [3.05, 3.63) is 47.8 Å². The maximum absolute atomic E-state index is 5.83. The molecule has 0 bridgehead atoms. The molecule has 2 rings (SSSR count). The Morgan fingerprint density at radius 3 is 2.35 bits per heavy atom. The van der Waals surface area contributed by atoms with E-state index in [0.717, 1.165) is 23.4 Å². The third-order valence-electron chi connectivity index (χ3n) is 2.96. The highest BCUT2D eigenvalue weighted by molar-refractivity contribution is 5.39. The van der Waals surface area contributed by atoms with Crippen LogP contribution in [0.3, 0.4) is 0 Å². The van der Waals surface area contributed by atoms with Crippen molar-refractivity contribution in [3.8, 4) is 11.8 Å². The number of rotatable bonds is 4. The topological polar surface area (TPSA) is 47.0 Å². The quantitative estimate of drug-likeness (QED) is 0.927. The lowest BCUT2D eigenvalue weighted by atomic mass is 9.86. The summed E-state index contributed by atoms with van der Waals surface area (Å²) < 4.78 is 5.83. The SMILES string of the molecule is CNCc1cnc(Oc2ccccc2C(C)(C)C)nc1. The second-order valence-electron chi connectivity index (χ2n) is 5.75. The Morgan fingerprint density at radius 2 is 1.75 bits per heavy atom. The van der Waals surface area contributed by atoms with E-state index in [4.69, 9.17) is 4.74 Å². The summed E-state index contributed by atoms with van der Waals surface area (Å²) >= 11 is 0. The Balaban J connectivity index is 2.22. The Morgan fingerprint density at radius 1 is 1.10 bits per heavy atom. The van der Waals surface area contributed by atoms with Crippen molar-refractivity contribution >= 4 is 0 Å². The highest BCUT2D eigenvalue weighted by Crippen LogP contribution is 2.32. The van der Waals surface area contributed by atoms with E-state index >= 15 is 0 Å². The molecular formula is C16H21N3O. The summed E-state index contributed by atoms with van der Waals surface area (Å²) in [6.45, 7) is 7.23. The molecule has 0 fully saturated rings. The molecule has 0 unspecified atom stereocenters. The summed E-state index contributed by atoms with van der Waals surface area (Å²) in [7, 11) is 1.89. The van der Waals surface area contributed by atoms with Gasteiger partial charge in [-0.15, -0.1) is 0 Å². The molecule has 0 spiro atoms. The van der Waals surface area contributed by atoms with Gasteiger partial charge in [0.15, 0.2) is 0 Å². The summed E-state index contributed by atoms with van der Waals surface area (Å²) in [6.07, 6.45) is 3.55. The first-order valence-corrected chi connectivity index (χ1v) is 6.73. The smallest absolute Gasteiger partial charge is 0.321 e. The van der Waals surface area contributed by atoms with Crippen molar-refractivity contribution in [2.45, 2.75) is 32.7 Å². The lowest BCUT2D eigenvalue weighted by molar-refractivity contribution is 0.421. The molecule has 0 aliphatic rings. The van der Waals surface area contributed by atoms with E-state index in [-0.39, 0.29) is 5.41 Å². The molecule has 0 atom stereocenters. The minimum Gasteiger partial charge on any atom is -0.424 e. The van der Waals surface area contributed by atoms with Crippen LogP contribution in [0.25, 0.3) is 0 Å². The molecule has 4 heteroatoms. The van der Waals surface area contributed by atoms with E-state index < -0.39 is 0 Å². The molecule has 0 amide bonds. The van der Waals surface area contributed by atoms with E-state index in [9.17, 15) is 0 Å². The molecule has 1 aromatic heterocycles. The van der Waals surface area contributed by atoms with Crippen LogP contribution in [-0.2, 0) is 12.0 Å². The summed E-state index contributed by atoms with van der Waals surface area (Å²) in [4.78, 5) is 8.48. The molecule has 0 saturated heterocycles. The zero-order valence-electron chi connectivity index (χ0n) is 12.5. The second-order valence-corrected chi connectivity index (χ2v) is 5.75. The molecule has 0 radical (unpaired) electrons. The number of nitrogens with one attached hydrogen (secondary N) is 1. The number of para-hydroxylation sites is 1. The number of ether oxygens (including phenoxy) is 1. The third kappa shape index (κ3) is 3.54. The van der Waals surface area contributed by atoms with Gasteiger partial charge in [0, 0.05) is 30.1 Å². The molecule has 106 valence electrons. The fourth-order valence-corrected chi connectivity index (χ4v) is 1.96. The van der Waals surface area contributed by atoms with Crippen molar-refractivity contribution < 1.29 is 4.74 Å². The van der Waals surface area contributed by atoms with Crippen LogP contribution in [-0.4, -0.2) is 17.0 Å². The Kier molecular flexibility index (Phi) is 4.35. The predicted octanol–water partition coefficient (Wildman–Crippen LogP) is 3.29. The van der Waals surface area contributed by atoms with Crippen LogP contribution in [0.5, 0.6) is 11.8 Å². The van der Waals surface area contributed by atoms with Gasteiger partial charge in [-0.1, -0.05) is 39.0 Å². The average Bonchev–Trinajstić information content (AvgIpc) is 2.41. The minimum atomic E-state index is 0.0165.